The number of ether oxygens (including phenoxy) is 1. The Morgan fingerprint density at radius 2 is 1.94 bits per heavy atom. The maximum atomic E-state index is 13.5. The van der Waals surface area contributed by atoms with Crippen LogP contribution in [0.5, 0.6) is 5.75 Å². The summed E-state index contributed by atoms with van der Waals surface area (Å²) in [5, 5.41) is 0. The number of carbonyl (C=O) groups excluding carboxylic acids is 1. The Bertz CT molecular complexity index is 1300. The zero-order valence-corrected chi connectivity index (χ0v) is 20.1. The fraction of sp³-hybridized carbons (Fsp3) is 0.346. The second kappa shape index (κ2) is 10.6. The molecule has 4 rings (SSSR count). The third-order valence-corrected chi connectivity index (χ3v) is 6.47. The molecule has 0 aliphatic carbocycles. The van der Waals surface area contributed by atoms with E-state index in [9.17, 15) is 14.4 Å². The van der Waals surface area contributed by atoms with Gasteiger partial charge in [0.1, 0.15) is 11.6 Å². The van der Waals surface area contributed by atoms with Gasteiger partial charge in [0.2, 0.25) is 5.91 Å². The van der Waals surface area contributed by atoms with Gasteiger partial charge in [-0.25, -0.2) is 4.79 Å². The Kier molecular flexibility index (Phi) is 7.36. The highest BCUT2D eigenvalue weighted by atomic mass is 16.5. The molecule has 0 saturated carbocycles. The van der Waals surface area contributed by atoms with Crippen LogP contribution in [0.4, 0.5) is 11.5 Å². The Morgan fingerprint density at radius 1 is 1.17 bits per heavy atom. The fourth-order valence-electron chi connectivity index (χ4n) is 4.72. The van der Waals surface area contributed by atoms with Crippen LogP contribution in [0.25, 0.3) is 0 Å². The molecule has 2 heterocycles. The lowest BCUT2D eigenvalue weighted by Gasteiger charge is -2.28. The minimum atomic E-state index is -0.669. The van der Waals surface area contributed by atoms with Crippen molar-refractivity contribution >= 4 is 17.4 Å². The molecular weight excluding hydrogens is 446 g/mol. The average molecular weight is 478 g/mol. The van der Waals surface area contributed by atoms with Crippen LogP contribution in [0.3, 0.4) is 0 Å². The molecule has 0 radical (unpaired) electrons. The second-order valence-electron chi connectivity index (χ2n) is 8.61. The number of H-pyrrole nitrogens is 1. The van der Waals surface area contributed by atoms with Crippen molar-refractivity contribution in [3.8, 4) is 5.75 Å². The number of likely N-dealkylation sites (tertiary alicyclic amines) is 1. The highest BCUT2D eigenvalue weighted by Gasteiger charge is 2.31. The molecular formula is C26H31N5O4. The number of nitrogens with zero attached hydrogens (tertiary/aromatic N) is 3. The van der Waals surface area contributed by atoms with E-state index in [0.717, 1.165) is 36.3 Å². The number of nitrogens with one attached hydrogen (secondary N) is 1. The number of nitrogen functional groups attached to an aromatic ring is 1. The van der Waals surface area contributed by atoms with Crippen LogP contribution in [0, 0.1) is 0 Å². The van der Waals surface area contributed by atoms with Gasteiger partial charge in [0.15, 0.2) is 5.69 Å². The van der Waals surface area contributed by atoms with E-state index in [1.165, 1.54) is 9.47 Å². The average Bonchev–Trinajstić information content (AvgIpc) is 3.33. The number of hydrogen-bond acceptors (Lipinski definition) is 6. The second-order valence-corrected chi connectivity index (χ2v) is 8.61. The summed E-state index contributed by atoms with van der Waals surface area (Å²) in [6, 6.07) is 17.3. The maximum Gasteiger partial charge on any atom is 0.330 e. The highest BCUT2D eigenvalue weighted by molar-refractivity contribution is 5.96. The van der Waals surface area contributed by atoms with Gasteiger partial charge in [-0.15, -0.1) is 0 Å². The predicted octanol–water partition coefficient (Wildman–Crippen LogP) is 2.37. The van der Waals surface area contributed by atoms with Gasteiger partial charge in [-0.2, -0.15) is 0 Å². The lowest BCUT2D eigenvalue weighted by Crippen LogP contribution is -2.45. The number of amides is 1. The number of methoxy groups -OCH3 is 1. The first-order valence-electron chi connectivity index (χ1n) is 11.8. The van der Waals surface area contributed by atoms with E-state index in [1.807, 2.05) is 54.6 Å². The topological polar surface area (TPSA) is 114 Å². The molecule has 9 heteroatoms. The number of carbonyl (C=O) groups is 1. The van der Waals surface area contributed by atoms with Gasteiger partial charge >= 0.3 is 5.69 Å². The molecule has 1 aliphatic heterocycles. The first kappa shape index (κ1) is 24.3. The van der Waals surface area contributed by atoms with Gasteiger partial charge in [-0.3, -0.25) is 24.0 Å². The van der Waals surface area contributed by atoms with E-state index in [-0.39, 0.29) is 43.1 Å². The number of hydrogen-bond donors (Lipinski definition) is 2. The first-order chi connectivity index (χ1) is 16.9. The molecule has 3 N–H and O–H groups in total. The smallest absolute Gasteiger partial charge is 0.330 e. The fourth-order valence-corrected chi connectivity index (χ4v) is 4.72. The summed E-state index contributed by atoms with van der Waals surface area (Å²) >= 11 is 0. The summed E-state index contributed by atoms with van der Waals surface area (Å²) in [5.74, 6) is 0.504. The summed E-state index contributed by atoms with van der Waals surface area (Å²) < 4.78 is 6.65. The standard InChI is InChI=1S/C26H31N5O4/c1-3-30(22(32)17-29-14-8-13-21(29)19-11-7-12-20(15-19)35-2)23-24(27)31(26(34)28-25(23)33)16-18-9-5-4-6-10-18/h4-7,9-12,15,21H,3,8,13-14,16-17,27H2,1-2H3,(H,28,33,34). The van der Waals surface area contributed by atoms with Crippen molar-refractivity contribution in [1.82, 2.24) is 14.5 Å². The van der Waals surface area contributed by atoms with Crippen LogP contribution in [0.1, 0.15) is 36.9 Å². The largest absolute Gasteiger partial charge is 0.497 e. The Hall–Kier alpha value is -3.85. The number of rotatable bonds is 8. The van der Waals surface area contributed by atoms with Gasteiger partial charge in [0.05, 0.1) is 20.2 Å². The van der Waals surface area contributed by atoms with Crippen molar-refractivity contribution in [3.05, 3.63) is 86.6 Å². The van der Waals surface area contributed by atoms with Crippen LogP contribution in [0.15, 0.2) is 64.2 Å². The summed E-state index contributed by atoms with van der Waals surface area (Å²) in [5.41, 5.74) is 7.00. The van der Waals surface area contributed by atoms with E-state index < -0.39 is 11.2 Å². The Labute approximate surface area is 203 Å². The molecule has 1 fully saturated rings. The lowest BCUT2D eigenvalue weighted by molar-refractivity contribution is -0.119. The molecule has 1 aliphatic rings. The van der Waals surface area contributed by atoms with Gasteiger partial charge in [-0.1, -0.05) is 42.5 Å². The molecule has 1 amide bonds. The first-order valence-corrected chi connectivity index (χ1v) is 11.8. The molecule has 0 spiro atoms. The molecule has 3 aromatic rings. The number of likely N-dealkylation sites (N-methyl/N-ethyl adjacent to an activating group) is 1. The molecule has 184 valence electrons. The summed E-state index contributed by atoms with van der Waals surface area (Å²) in [7, 11) is 1.63. The maximum absolute atomic E-state index is 13.5. The van der Waals surface area contributed by atoms with Crippen LogP contribution in [-0.4, -0.2) is 47.1 Å². The summed E-state index contributed by atoms with van der Waals surface area (Å²) in [6.45, 7) is 3.11. The van der Waals surface area contributed by atoms with Crippen molar-refractivity contribution in [1.29, 1.82) is 0 Å². The van der Waals surface area contributed by atoms with E-state index in [0.29, 0.717) is 0 Å². The zero-order valence-electron chi connectivity index (χ0n) is 20.1. The number of aromatic nitrogens is 2. The molecule has 1 saturated heterocycles. The van der Waals surface area contributed by atoms with Crippen molar-refractivity contribution in [2.45, 2.75) is 32.4 Å². The summed E-state index contributed by atoms with van der Waals surface area (Å²) in [4.78, 5) is 44.6. The third-order valence-electron chi connectivity index (χ3n) is 6.47. The number of benzene rings is 2. The Morgan fingerprint density at radius 3 is 2.66 bits per heavy atom. The lowest BCUT2D eigenvalue weighted by atomic mass is 10.0. The summed E-state index contributed by atoms with van der Waals surface area (Å²) in [6.07, 6.45) is 1.89. The van der Waals surface area contributed by atoms with E-state index in [4.69, 9.17) is 10.5 Å². The molecule has 0 bridgehead atoms. The Balaban J connectivity index is 1.60. The normalized spacial score (nSPS) is 15.8. The molecule has 1 atom stereocenters. The number of anilines is 2. The van der Waals surface area contributed by atoms with Gasteiger partial charge in [0, 0.05) is 12.6 Å². The molecule has 9 nitrogen and oxygen atoms in total. The van der Waals surface area contributed by atoms with Crippen LogP contribution in [0.2, 0.25) is 0 Å². The SMILES string of the molecule is CCN(C(=O)CN1CCCC1c1cccc(OC)c1)c1c(N)n(Cc2ccccc2)c(=O)[nH]c1=O. The molecule has 35 heavy (non-hydrogen) atoms. The minimum Gasteiger partial charge on any atom is -0.497 e. The third kappa shape index (κ3) is 5.14. The van der Waals surface area contributed by atoms with E-state index in [2.05, 4.69) is 9.88 Å². The van der Waals surface area contributed by atoms with Crippen LogP contribution in [-0.2, 0) is 11.3 Å². The zero-order chi connectivity index (χ0) is 24.9. The minimum absolute atomic E-state index is 0.00478. The molecule has 2 aromatic carbocycles. The predicted molar refractivity (Wildman–Crippen MR) is 136 cm³/mol. The number of nitrogens with two attached hydrogens (primary N) is 1. The highest BCUT2D eigenvalue weighted by Crippen LogP contribution is 2.33. The van der Waals surface area contributed by atoms with Gasteiger partial charge < -0.3 is 15.4 Å². The van der Waals surface area contributed by atoms with E-state index >= 15 is 0 Å². The van der Waals surface area contributed by atoms with Crippen molar-refractivity contribution in [2.24, 2.45) is 0 Å². The van der Waals surface area contributed by atoms with Gasteiger partial charge in [-0.05, 0) is 49.6 Å². The quantitative estimate of drug-likeness (QED) is 0.515. The van der Waals surface area contributed by atoms with Crippen molar-refractivity contribution in [3.63, 3.8) is 0 Å². The van der Waals surface area contributed by atoms with Crippen LogP contribution >= 0.6 is 0 Å². The monoisotopic (exact) mass is 477 g/mol. The van der Waals surface area contributed by atoms with Crippen molar-refractivity contribution in [2.75, 3.05) is 37.4 Å². The number of aromatic amines is 1. The molecule has 1 aromatic heterocycles. The molecule has 1 unspecified atom stereocenters. The van der Waals surface area contributed by atoms with Crippen molar-refractivity contribution < 1.29 is 9.53 Å². The van der Waals surface area contributed by atoms with E-state index in [1.54, 1.807) is 14.0 Å². The van der Waals surface area contributed by atoms with Gasteiger partial charge in [0.25, 0.3) is 5.56 Å². The van der Waals surface area contributed by atoms with Crippen LogP contribution < -0.4 is 26.6 Å².